The van der Waals surface area contributed by atoms with E-state index < -0.39 is 21.3 Å². The fraction of sp³-hybridized carbons (Fsp3) is 0.481. The summed E-state index contributed by atoms with van der Waals surface area (Å²) in [5.74, 6) is -1.54. The number of hydrogen-bond donors (Lipinski definition) is 0. The number of imide groups is 1. The molecule has 11 nitrogen and oxygen atoms in total. The van der Waals surface area contributed by atoms with Crippen LogP contribution < -0.4 is 4.74 Å². The van der Waals surface area contributed by atoms with Crippen molar-refractivity contribution in [3.8, 4) is 5.75 Å². The molecular formula is C27H37NO10P2. The Morgan fingerprint density at radius 2 is 1.32 bits per heavy atom. The zero-order chi connectivity index (χ0) is 29.2. The van der Waals surface area contributed by atoms with Crippen LogP contribution in [-0.4, -0.2) is 56.3 Å². The molecule has 3 rings (SSSR count). The quantitative estimate of drug-likeness (QED) is 0.105. The van der Waals surface area contributed by atoms with Gasteiger partial charge in [0.2, 0.25) is 0 Å². The number of amides is 2. The summed E-state index contributed by atoms with van der Waals surface area (Å²) < 4.78 is 60.2. The Labute approximate surface area is 235 Å². The minimum atomic E-state index is -4.11. The van der Waals surface area contributed by atoms with E-state index in [1.807, 2.05) is 0 Å². The molecule has 1 unspecified atom stereocenters. The molecule has 0 radical (unpaired) electrons. The molecule has 0 aromatic heterocycles. The van der Waals surface area contributed by atoms with Crippen LogP contribution in [0.4, 0.5) is 0 Å². The average molecular weight is 598 g/mol. The van der Waals surface area contributed by atoms with Gasteiger partial charge in [0.1, 0.15) is 5.75 Å². The van der Waals surface area contributed by atoms with Crippen molar-refractivity contribution in [2.24, 2.45) is 0 Å². The van der Waals surface area contributed by atoms with Gasteiger partial charge in [-0.3, -0.25) is 32.6 Å². The number of hydrogen-bond acceptors (Lipinski definition) is 10. The predicted molar refractivity (Wildman–Crippen MR) is 149 cm³/mol. The maximum absolute atomic E-state index is 13.8. The van der Waals surface area contributed by atoms with Crippen molar-refractivity contribution in [2.75, 3.05) is 39.6 Å². The topological polar surface area (TPSA) is 127 Å². The molecule has 1 aliphatic rings. The van der Waals surface area contributed by atoms with Crippen molar-refractivity contribution in [1.82, 2.24) is 4.90 Å². The van der Waals surface area contributed by atoms with Gasteiger partial charge in [-0.15, -0.1) is 0 Å². The zero-order valence-corrected chi connectivity index (χ0v) is 25.1. The Morgan fingerprint density at radius 3 is 1.88 bits per heavy atom. The molecule has 0 saturated carbocycles. The number of rotatable bonds is 18. The number of fused-ring (bicyclic) bond motifs is 1. The normalized spacial score (nSPS) is 14.4. The lowest BCUT2D eigenvalue weighted by atomic mass is 10.1. The predicted octanol–water partition coefficient (Wildman–Crippen LogP) is 6.60. The van der Waals surface area contributed by atoms with Crippen molar-refractivity contribution >= 4 is 27.2 Å². The van der Waals surface area contributed by atoms with Gasteiger partial charge in [0, 0.05) is 6.54 Å². The molecule has 1 heterocycles. The lowest BCUT2D eigenvalue weighted by Gasteiger charge is -2.29. The molecule has 220 valence electrons. The number of benzene rings is 2. The fourth-order valence-corrected chi connectivity index (χ4v) is 7.73. The van der Waals surface area contributed by atoms with Crippen molar-refractivity contribution in [3.05, 3.63) is 65.2 Å². The highest BCUT2D eigenvalue weighted by atomic mass is 31.2. The summed E-state index contributed by atoms with van der Waals surface area (Å²) in [5, 5.41) is 0. The van der Waals surface area contributed by atoms with Gasteiger partial charge >= 0.3 is 15.4 Å². The van der Waals surface area contributed by atoms with Crippen molar-refractivity contribution in [3.63, 3.8) is 0 Å². The third kappa shape index (κ3) is 7.89. The highest BCUT2D eigenvalue weighted by Crippen LogP contribution is 2.67. The maximum atomic E-state index is 13.8. The Kier molecular flexibility index (Phi) is 12.1. The van der Waals surface area contributed by atoms with E-state index in [1.54, 1.807) is 76.2 Å². The Hall–Kier alpha value is -2.36. The highest BCUT2D eigenvalue weighted by Gasteiger charge is 2.44. The van der Waals surface area contributed by atoms with Gasteiger partial charge < -0.3 is 13.8 Å². The van der Waals surface area contributed by atoms with E-state index >= 15 is 0 Å². The van der Waals surface area contributed by atoms with Gasteiger partial charge in [-0.1, -0.05) is 24.3 Å². The third-order valence-electron chi connectivity index (χ3n) is 5.77. The van der Waals surface area contributed by atoms with E-state index in [0.717, 1.165) is 0 Å². The minimum Gasteiger partial charge on any atom is -0.494 e. The van der Waals surface area contributed by atoms with E-state index in [1.165, 1.54) is 4.90 Å². The van der Waals surface area contributed by atoms with Crippen LogP contribution in [0.25, 0.3) is 0 Å². The van der Waals surface area contributed by atoms with Crippen molar-refractivity contribution in [2.45, 2.75) is 46.4 Å². The number of phosphoric ester groups is 1. The monoisotopic (exact) mass is 597 g/mol. The van der Waals surface area contributed by atoms with Crippen molar-refractivity contribution in [1.29, 1.82) is 0 Å². The van der Waals surface area contributed by atoms with Gasteiger partial charge in [-0.05, 0) is 70.4 Å². The minimum absolute atomic E-state index is 0.0431. The first-order chi connectivity index (χ1) is 19.2. The SMILES string of the molecule is CCOP(=O)(OCC)OC(c1cccc(OCCCCN2C(=O)c3ccccc3C2=O)c1)P(=O)(OCC)OCC. The first kappa shape index (κ1) is 32.2. The van der Waals surface area contributed by atoms with Crippen LogP contribution in [0.2, 0.25) is 0 Å². The van der Waals surface area contributed by atoms with Gasteiger partial charge in [-0.25, -0.2) is 4.57 Å². The van der Waals surface area contributed by atoms with E-state index in [9.17, 15) is 18.7 Å². The van der Waals surface area contributed by atoms with Crippen LogP contribution in [0.3, 0.4) is 0 Å². The van der Waals surface area contributed by atoms with Crippen LogP contribution in [0.1, 0.15) is 72.7 Å². The standard InChI is InChI=1S/C27H37NO10P2/c1-5-34-39(31,35-6-2)27(38-40(32,36-7-3)37-8-4)21-14-13-15-22(20-21)33-19-12-11-18-28-25(29)23-16-9-10-17-24(23)26(28)30/h9-10,13-17,20,27H,5-8,11-12,18-19H2,1-4H3. The molecule has 0 aliphatic carbocycles. The number of carbonyl (C=O) groups excluding carboxylic acids is 2. The molecule has 2 aromatic rings. The number of nitrogens with zero attached hydrogens (tertiary/aromatic N) is 1. The molecule has 1 atom stereocenters. The number of unbranched alkanes of at least 4 members (excludes halogenated alkanes) is 1. The second kappa shape index (κ2) is 15.0. The van der Waals surface area contributed by atoms with E-state index in [-0.39, 0.29) is 44.8 Å². The van der Waals surface area contributed by atoms with Crippen LogP contribution in [0.15, 0.2) is 48.5 Å². The largest absolute Gasteiger partial charge is 0.494 e. The van der Waals surface area contributed by atoms with Crippen LogP contribution in [0.5, 0.6) is 5.75 Å². The summed E-state index contributed by atoms with van der Waals surface area (Å²) in [7, 11) is -8.09. The van der Waals surface area contributed by atoms with E-state index in [4.69, 9.17) is 27.4 Å². The summed E-state index contributed by atoms with van der Waals surface area (Å²) >= 11 is 0. The molecular weight excluding hydrogens is 560 g/mol. The first-order valence-electron chi connectivity index (χ1n) is 13.4. The average Bonchev–Trinajstić information content (AvgIpc) is 3.17. The molecule has 13 heteroatoms. The third-order valence-corrected chi connectivity index (χ3v) is 9.77. The molecule has 1 aliphatic heterocycles. The summed E-state index contributed by atoms with van der Waals surface area (Å²) in [6.07, 6.45) is 1.12. The van der Waals surface area contributed by atoms with Gasteiger partial charge in [0.25, 0.3) is 11.8 Å². The molecule has 2 aromatic carbocycles. The number of ether oxygens (including phenoxy) is 1. The van der Waals surface area contributed by atoms with Gasteiger partial charge in [0.15, 0.2) is 5.85 Å². The molecule has 2 amide bonds. The van der Waals surface area contributed by atoms with E-state index in [0.29, 0.717) is 41.9 Å². The molecule has 40 heavy (non-hydrogen) atoms. The first-order valence-corrected chi connectivity index (χ1v) is 16.4. The lowest BCUT2D eigenvalue weighted by molar-refractivity contribution is 0.0649. The molecule has 0 fully saturated rings. The second-order valence-corrected chi connectivity index (χ2v) is 12.2. The summed E-state index contributed by atoms with van der Waals surface area (Å²) in [5.41, 5.74) is 1.19. The van der Waals surface area contributed by atoms with Crippen LogP contribution in [0, 0.1) is 0 Å². The zero-order valence-electron chi connectivity index (χ0n) is 23.3. The molecule has 0 spiro atoms. The summed E-state index contributed by atoms with van der Waals surface area (Å²) in [6.45, 7) is 7.38. The highest BCUT2D eigenvalue weighted by molar-refractivity contribution is 7.55. The maximum Gasteiger partial charge on any atom is 0.475 e. The van der Waals surface area contributed by atoms with Crippen LogP contribution in [-0.2, 0) is 31.7 Å². The van der Waals surface area contributed by atoms with Crippen LogP contribution >= 0.6 is 15.4 Å². The smallest absolute Gasteiger partial charge is 0.475 e. The number of carbonyl (C=O) groups is 2. The summed E-state index contributed by atoms with van der Waals surface area (Å²) in [6, 6.07) is 13.4. The molecule has 0 saturated heterocycles. The fourth-order valence-electron chi connectivity index (χ4n) is 4.13. The molecule has 0 N–H and O–H groups in total. The summed E-state index contributed by atoms with van der Waals surface area (Å²) in [4.78, 5) is 26.3. The Morgan fingerprint density at radius 1 is 0.750 bits per heavy atom. The Bertz CT molecular complexity index is 1200. The lowest BCUT2D eigenvalue weighted by Crippen LogP contribution is -2.30. The van der Waals surface area contributed by atoms with Gasteiger partial charge in [0.05, 0.1) is 44.2 Å². The Balaban J connectivity index is 1.68. The molecule has 0 bridgehead atoms. The number of phosphoric acid groups is 1. The van der Waals surface area contributed by atoms with E-state index in [2.05, 4.69) is 0 Å². The van der Waals surface area contributed by atoms with Crippen molar-refractivity contribution < 1.29 is 46.1 Å². The second-order valence-electron chi connectivity index (χ2n) is 8.55. The van der Waals surface area contributed by atoms with Gasteiger partial charge in [-0.2, -0.15) is 0 Å².